The van der Waals surface area contributed by atoms with E-state index >= 15 is 0 Å². The largest absolute Gasteiger partial charge is 0.249 e. The van der Waals surface area contributed by atoms with E-state index in [1.54, 1.807) is 0 Å². The third kappa shape index (κ3) is 2.24. The van der Waals surface area contributed by atoms with Crippen molar-refractivity contribution in [2.45, 2.75) is 39.7 Å². The molecule has 0 bridgehead atoms. The second kappa shape index (κ2) is 4.42. The van der Waals surface area contributed by atoms with Crippen LogP contribution in [-0.2, 0) is 0 Å². The lowest BCUT2D eigenvalue weighted by molar-refractivity contribution is 0.199. The molecule has 0 aliphatic rings. The van der Waals surface area contributed by atoms with Gasteiger partial charge in [-0.3, -0.25) is 0 Å². The summed E-state index contributed by atoms with van der Waals surface area (Å²) in [4.78, 5) is 10.2. The summed E-state index contributed by atoms with van der Waals surface area (Å²) in [6, 6.07) is -0.669. The zero-order valence-electron chi connectivity index (χ0n) is 7.43. The minimum Gasteiger partial charge on any atom is -0.249 e. The van der Waals surface area contributed by atoms with Gasteiger partial charge in [0.25, 0.3) is 0 Å². The molecule has 0 fully saturated rings. The molecule has 0 N–H and O–H groups in total. The molecule has 0 saturated carbocycles. The van der Waals surface area contributed by atoms with Crippen LogP contribution in [0.3, 0.4) is 0 Å². The summed E-state index contributed by atoms with van der Waals surface area (Å²) in [6.07, 6.45) is 1.59. The fraction of sp³-hybridized carbons (Fsp3) is 1.00. The van der Waals surface area contributed by atoms with Crippen LogP contribution in [-0.4, -0.2) is 12.7 Å². The molecular weight excluding hydrogens is 145 g/mol. The van der Waals surface area contributed by atoms with Gasteiger partial charge in [-0.05, 0) is 18.3 Å². The zero-order chi connectivity index (χ0) is 8.91. The van der Waals surface area contributed by atoms with Crippen molar-refractivity contribution in [3.05, 3.63) is 4.91 Å². The van der Waals surface area contributed by atoms with Crippen molar-refractivity contribution in [2.75, 3.05) is 6.67 Å². The fourth-order valence-electron chi connectivity index (χ4n) is 1.06. The minimum absolute atomic E-state index is 0.253. The monoisotopic (exact) mass is 161 g/mol. The molecule has 0 saturated heterocycles. The molecule has 0 aromatic carbocycles. The van der Waals surface area contributed by atoms with Crippen LogP contribution in [0.15, 0.2) is 5.18 Å². The second-order valence-electron chi connectivity index (χ2n) is 3.14. The Bertz CT molecular complexity index is 123. The number of nitroso groups, excluding NO2 is 1. The van der Waals surface area contributed by atoms with Crippen molar-refractivity contribution in [1.82, 2.24) is 0 Å². The molecule has 0 rings (SSSR count). The molecule has 0 aromatic rings. The van der Waals surface area contributed by atoms with E-state index in [0.717, 1.165) is 12.8 Å². The topological polar surface area (TPSA) is 29.4 Å². The highest BCUT2D eigenvalue weighted by Gasteiger charge is 2.31. The van der Waals surface area contributed by atoms with Gasteiger partial charge in [0.05, 0.1) is 0 Å². The molecule has 0 aliphatic carbocycles. The van der Waals surface area contributed by atoms with Crippen LogP contribution >= 0.6 is 0 Å². The number of hydrogen-bond donors (Lipinski definition) is 0. The summed E-state index contributed by atoms with van der Waals surface area (Å²) in [7, 11) is 0. The van der Waals surface area contributed by atoms with Crippen LogP contribution < -0.4 is 0 Å². The Morgan fingerprint density at radius 2 is 1.91 bits per heavy atom. The predicted octanol–water partition coefficient (Wildman–Crippen LogP) is 2.92. The van der Waals surface area contributed by atoms with Gasteiger partial charge in [-0.15, -0.1) is 0 Å². The number of alkyl halides is 1. The van der Waals surface area contributed by atoms with Gasteiger partial charge in [0, 0.05) is 0 Å². The molecule has 1 atom stereocenters. The van der Waals surface area contributed by atoms with Gasteiger partial charge < -0.3 is 0 Å². The molecule has 1 unspecified atom stereocenters. The molecule has 0 aliphatic heterocycles. The molecule has 11 heavy (non-hydrogen) atoms. The summed E-state index contributed by atoms with van der Waals surface area (Å²) in [5.74, 6) is 0. The first-order valence-corrected chi connectivity index (χ1v) is 4.03. The first-order chi connectivity index (χ1) is 5.14. The molecule has 0 radical (unpaired) electrons. The number of rotatable bonds is 5. The van der Waals surface area contributed by atoms with Gasteiger partial charge in [0.15, 0.2) is 0 Å². The maximum atomic E-state index is 12.2. The van der Waals surface area contributed by atoms with Gasteiger partial charge >= 0.3 is 0 Å². The SMILES string of the molecule is CCC(C)(CC)C(CF)N=O. The maximum absolute atomic E-state index is 12.2. The van der Waals surface area contributed by atoms with Gasteiger partial charge in [-0.1, -0.05) is 25.9 Å². The summed E-state index contributed by atoms with van der Waals surface area (Å²) in [5.41, 5.74) is -0.253. The molecule has 3 heteroatoms. The number of hydrogen-bond acceptors (Lipinski definition) is 2. The smallest absolute Gasteiger partial charge is 0.125 e. The van der Waals surface area contributed by atoms with Crippen LogP contribution in [0, 0.1) is 10.3 Å². The normalized spacial score (nSPS) is 14.5. The van der Waals surface area contributed by atoms with Gasteiger partial charge in [0.1, 0.15) is 12.7 Å². The number of halogens is 1. The molecule has 0 amide bonds. The lowest BCUT2D eigenvalue weighted by atomic mass is 9.78. The van der Waals surface area contributed by atoms with E-state index in [9.17, 15) is 9.30 Å². The third-order valence-electron chi connectivity index (χ3n) is 2.69. The van der Waals surface area contributed by atoms with E-state index in [0.29, 0.717) is 0 Å². The highest BCUT2D eigenvalue weighted by molar-refractivity contribution is 4.84. The minimum atomic E-state index is -0.669. The lowest BCUT2D eigenvalue weighted by Crippen LogP contribution is -2.31. The third-order valence-corrected chi connectivity index (χ3v) is 2.69. The van der Waals surface area contributed by atoms with E-state index < -0.39 is 12.7 Å². The molecule has 0 spiro atoms. The zero-order valence-corrected chi connectivity index (χ0v) is 7.43. The van der Waals surface area contributed by atoms with Crippen LogP contribution in [0.4, 0.5) is 4.39 Å². The Morgan fingerprint density at radius 3 is 2.00 bits per heavy atom. The Labute approximate surface area is 67.2 Å². The molecule has 0 heterocycles. The molecular formula is C8H16FNO. The van der Waals surface area contributed by atoms with Crippen molar-refractivity contribution in [3.63, 3.8) is 0 Å². The van der Waals surface area contributed by atoms with Crippen LogP contribution in [0.1, 0.15) is 33.6 Å². The molecule has 2 nitrogen and oxygen atoms in total. The average molecular weight is 161 g/mol. The standard InChI is InChI=1S/C8H16FNO/c1-4-8(3,5-2)7(6-9)10-11/h7H,4-6H2,1-3H3. The predicted molar refractivity (Wildman–Crippen MR) is 44.2 cm³/mol. The van der Waals surface area contributed by atoms with Crippen molar-refractivity contribution < 1.29 is 4.39 Å². The Morgan fingerprint density at radius 1 is 1.45 bits per heavy atom. The Balaban J connectivity index is 4.30. The molecule has 66 valence electrons. The van der Waals surface area contributed by atoms with Gasteiger partial charge in [-0.25, -0.2) is 4.39 Å². The van der Waals surface area contributed by atoms with Crippen molar-refractivity contribution >= 4 is 0 Å². The van der Waals surface area contributed by atoms with E-state index in [-0.39, 0.29) is 5.41 Å². The van der Waals surface area contributed by atoms with Crippen LogP contribution in [0.2, 0.25) is 0 Å². The second-order valence-corrected chi connectivity index (χ2v) is 3.14. The van der Waals surface area contributed by atoms with Crippen molar-refractivity contribution in [1.29, 1.82) is 0 Å². The van der Waals surface area contributed by atoms with Crippen LogP contribution in [0.25, 0.3) is 0 Å². The summed E-state index contributed by atoms with van der Waals surface area (Å²) >= 11 is 0. The van der Waals surface area contributed by atoms with Gasteiger partial charge in [0.2, 0.25) is 0 Å². The van der Waals surface area contributed by atoms with Crippen LogP contribution in [0.5, 0.6) is 0 Å². The van der Waals surface area contributed by atoms with E-state index in [4.69, 9.17) is 0 Å². The lowest BCUT2D eigenvalue weighted by Gasteiger charge is -2.29. The van der Waals surface area contributed by atoms with E-state index in [2.05, 4.69) is 5.18 Å². The van der Waals surface area contributed by atoms with Crippen molar-refractivity contribution in [3.8, 4) is 0 Å². The maximum Gasteiger partial charge on any atom is 0.125 e. The molecule has 0 aromatic heterocycles. The quantitative estimate of drug-likeness (QED) is 0.570. The summed E-state index contributed by atoms with van der Waals surface area (Å²) in [6.45, 7) is 5.18. The fourth-order valence-corrected chi connectivity index (χ4v) is 1.06. The highest BCUT2D eigenvalue weighted by Crippen LogP contribution is 2.31. The number of nitrogens with zero attached hydrogens (tertiary/aromatic N) is 1. The van der Waals surface area contributed by atoms with Gasteiger partial charge in [-0.2, -0.15) is 4.91 Å². The summed E-state index contributed by atoms with van der Waals surface area (Å²) in [5, 5.41) is 2.80. The average Bonchev–Trinajstić information content (AvgIpc) is 2.06. The first-order valence-electron chi connectivity index (χ1n) is 4.03. The van der Waals surface area contributed by atoms with E-state index in [1.165, 1.54) is 0 Å². The Kier molecular flexibility index (Phi) is 4.23. The van der Waals surface area contributed by atoms with E-state index in [1.807, 2.05) is 20.8 Å². The first kappa shape index (κ1) is 10.5. The summed E-state index contributed by atoms with van der Waals surface area (Å²) < 4.78 is 12.2. The Hall–Kier alpha value is -0.470. The van der Waals surface area contributed by atoms with Crippen molar-refractivity contribution in [2.24, 2.45) is 10.6 Å². The highest BCUT2D eigenvalue weighted by atomic mass is 19.1.